The van der Waals surface area contributed by atoms with Crippen molar-refractivity contribution >= 4 is 11.8 Å². The Morgan fingerprint density at radius 3 is 2.40 bits per heavy atom. The van der Waals surface area contributed by atoms with Gasteiger partial charge in [0.25, 0.3) is 0 Å². The van der Waals surface area contributed by atoms with Gasteiger partial charge < -0.3 is 4.74 Å². The highest BCUT2D eigenvalue weighted by Gasteiger charge is 2.23. The van der Waals surface area contributed by atoms with E-state index in [4.69, 9.17) is 4.74 Å². The first kappa shape index (κ1) is 16.4. The number of carbonyl (C=O) groups is 2. The Balaban J connectivity index is 2.73. The Kier molecular flexibility index (Phi) is 7.63. The van der Waals surface area contributed by atoms with Gasteiger partial charge in [-0.3, -0.25) is 9.59 Å². The summed E-state index contributed by atoms with van der Waals surface area (Å²) < 4.78 is 4.98. The molecule has 0 amide bonds. The quantitative estimate of drug-likeness (QED) is 0.508. The van der Waals surface area contributed by atoms with Crippen LogP contribution in [0, 0.1) is 0 Å². The SMILES string of the molecule is CCCCCC(=O)C(CC(=O)OCC)c1ccccc1. The average Bonchev–Trinajstić information content (AvgIpc) is 2.46. The third-order valence-electron chi connectivity index (χ3n) is 3.29. The van der Waals surface area contributed by atoms with Gasteiger partial charge in [-0.1, -0.05) is 50.1 Å². The predicted octanol–water partition coefficient (Wildman–Crippen LogP) is 3.87. The number of hydrogen-bond acceptors (Lipinski definition) is 3. The summed E-state index contributed by atoms with van der Waals surface area (Å²) in [7, 11) is 0. The summed E-state index contributed by atoms with van der Waals surface area (Å²) in [6.45, 7) is 4.24. The molecule has 1 aromatic carbocycles. The Hall–Kier alpha value is -1.64. The van der Waals surface area contributed by atoms with E-state index >= 15 is 0 Å². The van der Waals surface area contributed by atoms with Crippen LogP contribution in [0.25, 0.3) is 0 Å². The molecule has 0 saturated heterocycles. The van der Waals surface area contributed by atoms with Crippen LogP contribution in [-0.4, -0.2) is 18.4 Å². The number of ether oxygens (including phenoxy) is 1. The molecule has 3 heteroatoms. The van der Waals surface area contributed by atoms with Crippen molar-refractivity contribution in [2.24, 2.45) is 0 Å². The molecule has 1 rings (SSSR count). The van der Waals surface area contributed by atoms with Crippen LogP contribution in [0.1, 0.15) is 57.4 Å². The zero-order chi connectivity index (χ0) is 14.8. The van der Waals surface area contributed by atoms with Crippen molar-refractivity contribution in [3.63, 3.8) is 0 Å². The average molecular weight is 276 g/mol. The maximum atomic E-state index is 12.4. The van der Waals surface area contributed by atoms with Crippen LogP contribution >= 0.6 is 0 Å². The van der Waals surface area contributed by atoms with Gasteiger partial charge >= 0.3 is 5.97 Å². The fourth-order valence-corrected chi connectivity index (χ4v) is 2.21. The van der Waals surface area contributed by atoms with Crippen LogP contribution in [0.5, 0.6) is 0 Å². The van der Waals surface area contributed by atoms with Crippen molar-refractivity contribution in [2.45, 2.75) is 51.9 Å². The van der Waals surface area contributed by atoms with Crippen molar-refractivity contribution in [3.05, 3.63) is 35.9 Å². The molecular weight excluding hydrogens is 252 g/mol. The summed E-state index contributed by atoms with van der Waals surface area (Å²) in [5.41, 5.74) is 0.905. The van der Waals surface area contributed by atoms with Crippen molar-refractivity contribution in [1.82, 2.24) is 0 Å². The molecule has 0 aliphatic heterocycles. The number of ketones is 1. The van der Waals surface area contributed by atoms with E-state index in [1.54, 1.807) is 6.92 Å². The molecule has 0 aliphatic carbocycles. The number of carbonyl (C=O) groups excluding carboxylic acids is 2. The lowest BCUT2D eigenvalue weighted by Gasteiger charge is -2.15. The first-order chi connectivity index (χ1) is 9.69. The zero-order valence-corrected chi connectivity index (χ0v) is 12.4. The number of hydrogen-bond donors (Lipinski definition) is 0. The fourth-order valence-electron chi connectivity index (χ4n) is 2.21. The van der Waals surface area contributed by atoms with Gasteiger partial charge in [-0.2, -0.15) is 0 Å². The highest BCUT2D eigenvalue weighted by Crippen LogP contribution is 2.23. The van der Waals surface area contributed by atoms with Gasteiger partial charge in [-0.25, -0.2) is 0 Å². The van der Waals surface area contributed by atoms with Crippen LogP contribution in [0.15, 0.2) is 30.3 Å². The van der Waals surface area contributed by atoms with E-state index in [2.05, 4.69) is 6.92 Å². The molecule has 110 valence electrons. The van der Waals surface area contributed by atoms with Crippen LogP contribution in [0.4, 0.5) is 0 Å². The Morgan fingerprint density at radius 2 is 1.80 bits per heavy atom. The van der Waals surface area contributed by atoms with Crippen LogP contribution < -0.4 is 0 Å². The summed E-state index contributed by atoms with van der Waals surface area (Å²) in [5.74, 6) is -0.532. The van der Waals surface area contributed by atoms with Crippen molar-refractivity contribution in [1.29, 1.82) is 0 Å². The second-order valence-corrected chi connectivity index (χ2v) is 4.90. The van der Waals surface area contributed by atoms with E-state index < -0.39 is 0 Å². The second-order valence-electron chi connectivity index (χ2n) is 4.90. The standard InChI is InChI=1S/C17H24O3/c1-3-5-7-12-16(18)15(13-17(19)20-4-2)14-10-8-6-9-11-14/h6,8-11,15H,3-5,7,12-13H2,1-2H3. The summed E-state index contributed by atoms with van der Waals surface area (Å²) in [4.78, 5) is 24.0. The maximum Gasteiger partial charge on any atom is 0.306 e. The van der Waals surface area contributed by atoms with Crippen LogP contribution in [0.2, 0.25) is 0 Å². The van der Waals surface area contributed by atoms with Gasteiger partial charge in [0.05, 0.1) is 18.9 Å². The van der Waals surface area contributed by atoms with E-state index in [-0.39, 0.29) is 24.1 Å². The van der Waals surface area contributed by atoms with Crippen molar-refractivity contribution in [2.75, 3.05) is 6.61 Å². The first-order valence-corrected chi connectivity index (χ1v) is 7.42. The molecule has 0 aromatic heterocycles. The van der Waals surface area contributed by atoms with Gasteiger partial charge in [-0.15, -0.1) is 0 Å². The number of Topliss-reactive ketones (excluding diaryl/α,β-unsaturated/α-hetero) is 1. The normalized spacial score (nSPS) is 11.9. The van der Waals surface area contributed by atoms with E-state index in [0.717, 1.165) is 24.8 Å². The largest absolute Gasteiger partial charge is 0.466 e. The summed E-state index contributed by atoms with van der Waals surface area (Å²) in [5, 5.41) is 0. The molecular formula is C17H24O3. The molecule has 0 spiro atoms. The molecule has 3 nitrogen and oxygen atoms in total. The molecule has 0 fully saturated rings. The van der Waals surface area contributed by atoms with E-state index in [1.807, 2.05) is 30.3 Å². The Bertz CT molecular complexity index is 412. The molecule has 0 aliphatic rings. The lowest BCUT2D eigenvalue weighted by Crippen LogP contribution is -2.18. The summed E-state index contributed by atoms with van der Waals surface area (Å²) >= 11 is 0. The third kappa shape index (κ3) is 5.55. The maximum absolute atomic E-state index is 12.4. The zero-order valence-electron chi connectivity index (χ0n) is 12.4. The van der Waals surface area contributed by atoms with Gasteiger partial charge in [0, 0.05) is 6.42 Å². The highest BCUT2D eigenvalue weighted by molar-refractivity contribution is 5.89. The van der Waals surface area contributed by atoms with Gasteiger partial charge in [0.1, 0.15) is 5.78 Å². The Labute approximate surface area is 121 Å². The lowest BCUT2D eigenvalue weighted by atomic mass is 9.89. The predicted molar refractivity (Wildman–Crippen MR) is 79.6 cm³/mol. The number of esters is 1. The summed E-state index contributed by atoms with van der Waals surface area (Å²) in [6.07, 6.45) is 3.70. The second kappa shape index (κ2) is 9.29. The molecule has 0 N–H and O–H groups in total. The minimum atomic E-state index is -0.368. The lowest BCUT2D eigenvalue weighted by molar-refractivity contribution is -0.145. The van der Waals surface area contributed by atoms with E-state index in [1.165, 1.54) is 0 Å². The first-order valence-electron chi connectivity index (χ1n) is 7.42. The minimum Gasteiger partial charge on any atom is -0.466 e. The van der Waals surface area contributed by atoms with Gasteiger partial charge in [0.2, 0.25) is 0 Å². The molecule has 1 atom stereocenters. The fraction of sp³-hybridized carbons (Fsp3) is 0.529. The molecule has 0 bridgehead atoms. The minimum absolute atomic E-state index is 0.137. The van der Waals surface area contributed by atoms with Crippen molar-refractivity contribution < 1.29 is 14.3 Å². The number of rotatable bonds is 9. The summed E-state index contributed by atoms with van der Waals surface area (Å²) in [6, 6.07) is 9.51. The molecule has 0 saturated carbocycles. The van der Waals surface area contributed by atoms with Crippen LogP contribution in [-0.2, 0) is 14.3 Å². The number of unbranched alkanes of at least 4 members (excludes halogenated alkanes) is 2. The van der Waals surface area contributed by atoms with Gasteiger partial charge in [-0.05, 0) is 18.9 Å². The molecule has 0 radical (unpaired) electrons. The van der Waals surface area contributed by atoms with Crippen LogP contribution in [0.3, 0.4) is 0 Å². The molecule has 1 unspecified atom stereocenters. The monoisotopic (exact) mass is 276 g/mol. The smallest absolute Gasteiger partial charge is 0.306 e. The van der Waals surface area contributed by atoms with E-state index in [9.17, 15) is 9.59 Å². The Morgan fingerprint density at radius 1 is 1.10 bits per heavy atom. The highest BCUT2D eigenvalue weighted by atomic mass is 16.5. The number of benzene rings is 1. The molecule has 20 heavy (non-hydrogen) atoms. The topological polar surface area (TPSA) is 43.4 Å². The molecule has 1 aromatic rings. The molecule has 0 heterocycles. The van der Waals surface area contributed by atoms with E-state index in [0.29, 0.717) is 13.0 Å². The van der Waals surface area contributed by atoms with Gasteiger partial charge in [0.15, 0.2) is 0 Å². The van der Waals surface area contributed by atoms with Crippen molar-refractivity contribution in [3.8, 4) is 0 Å². The third-order valence-corrected chi connectivity index (χ3v) is 3.29.